The van der Waals surface area contributed by atoms with Crippen molar-refractivity contribution in [3.63, 3.8) is 0 Å². The molecule has 2 aromatic heterocycles. The predicted octanol–water partition coefficient (Wildman–Crippen LogP) is 9.10. The molecule has 4 nitrogen and oxygen atoms in total. The summed E-state index contributed by atoms with van der Waals surface area (Å²) in [5.41, 5.74) is 11.5. The highest BCUT2D eigenvalue weighted by Crippen LogP contribution is 2.41. The molecule has 0 fully saturated rings. The quantitative estimate of drug-likeness (QED) is 0.226. The molecule has 196 valence electrons. The van der Waals surface area contributed by atoms with Crippen LogP contribution in [0.1, 0.15) is 28.8 Å². The van der Waals surface area contributed by atoms with Crippen molar-refractivity contribution in [2.45, 2.75) is 12.8 Å². The van der Waals surface area contributed by atoms with E-state index >= 15 is 0 Å². The molecule has 4 heteroatoms. The van der Waals surface area contributed by atoms with Crippen LogP contribution >= 0.6 is 0 Å². The van der Waals surface area contributed by atoms with E-state index in [1.807, 2.05) is 42.5 Å². The SMILES string of the molecule is N#Cc1cccc(-n2c3ccc(C#N)cc3c3cc(-c4cccc5c6c(n(-c7ccccc7)c45)C=CCC6)ccc32)c1. The van der Waals surface area contributed by atoms with Crippen LogP contribution in [0.3, 0.4) is 0 Å². The van der Waals surface area contributed by atoms with Gasteiger partial charge in [0.2, 0.25) is 0 Å². The maximum absolute atomic E-state index is 9.73. The number of nitrogens with zero attached hydrogens (tertiary/aromatic N) is 4. The second-order valence-electron chi connectivity index (χ2n) is 10.8. The van der Waals surface area contributed by atoms with Crippen molar-refractivity contribution >= 4 is 38.8 Å². The molecule has 1 aliphatic carbocycles. The second-order valence-corrected chi connectivity index (χ2v) is 10.8. The summed E-state index contributed by atoms with van der Waals surface area (Å²) >= 11 is 0. The number of aromatic nitrogens is 2. The van der Waals surface area contributed by atoms with Gasteiger partial charge in [-0.2, -0.15) is 10.5 Å². The van der Waals surface area contributed by atoms with Crippen LogP contribution in [0.2, 0.25) is 0 Å². The number of fused-ring (bicyclic) bond motifs is 6. The van der Waals surface area contributed by atoms with Crippen molar-refractivity contribution in [3.05, 3.63) is 138 Å². The highest BCUT2D eigenvalue weighted by molar-refractivity contribution is 6.12. The van der Waals surface area contributed by atoms with E-state index in [1.54, 1.807) is 0 Å². The van der Waals surface area contributed by atoms with Crippen LogP contribution in [0, 0.1) is 22.7 Å². The number of hydrogen-bond donors (Lipinski definition) is 0. The third-order valence-corrected chi connectivity index (χ3v) is 8.42. The minimum Gasteiger partial charge on any atom is -0.309 e. The Morgan fingerprint density at radius 3 is 2.17 bits per heavy atom. The monoisotopic (exact) mass is 536 g/mol. The van der Waals surface area contributed by atoms with E-state index in [0.29, 0.717) is 11.1 Å². The lowest BCUT2D eigenvalue weighted by Crippen LogP contribution is -2.00. The number of benzene rings is 5. The largest absolute Gasteiger partial charge is 0.309 e. The molecule has 0 saturated carbocycles. The van der Waals surface area contributed by atoms with Gasteiger partial charge in [0.1, 0.15) is 0 Å². The van der Waals surface area contributed by atoms with Gasteiger partial charge in [-0.15, -0.1) is 0 Å². The number of nitriles is 2. The van der Waals surface area contributed by atoms with Crippen LogP contribution in [0.4, 0.5) is 0 Å². The lowest BCUT2D eigenvalue weighted by Gasteiger charge is -2.14. The Bertz CT molecular complexity index is 2320. The number of rotatable bonds is 3. The van der Waals surface area contributed by atoms with E-state index in [2.05, 4.69) is 100 Å². The molecule has 0 N–H and O–H groups in total. The van der Waals surface area contributed by atoms with Gasteiger partial charge in [-0.3, -0.25) is 0 Å². The van der Waals surface area contributed by atoms with Gasteiger partial charge in [0.05, 0.1) is 39.8 Å². The summed E-state index contributed by atoms with van der Waals surface area (Å²) in [5, 5.41) is 22.7. The van der Waals surface area contributed by atoms with Gasteiger partial charge in [-0.05, 0) is 90.7 Å². The van der Waals surface area contributed by atoms with E-state index in [-0.39, 0.29) is 0 Å². The zero-order valence-electron chi connectivity index (χ0n) is 22.8. The molecule has 0 bridgehead atoms. The third kappa shape index (κ3) is 3.53. The Labute approximate surface area is 243 Å². The molecule has 42 heavy (non-hydrogen) atoms. The van der Waals surface area contributed by atoms with Crippen molar-refractivity contribution in [2.24, 2.45) is 0 Å². The van der Waals surface area contributed by atoms with Crippen molar-refractivity contribution in [1.82, 2.24) is 9.13 Å². The van der Waals surface area contributed by atoms with Crippen LogP contribution in [0.25, 0.3) is 61.3 Å². The number of para-hydroxylation sites is 2. The van der Waals surface area contributed by atoms with Crippen molar-refractivity contribution < 1.29 is 0 Å². The Hall–Kier alpha value is -5.84. The van der Waals surface area contributed by atoms with Gasteiger partial charge in [0.15, 0.2) is 0 Å². The summed E-state index contributed by atoms with van der Waals surface area (Å²) in [5.74, 6) is 0. The molecular formula is C38H24N4. The lowest BCUT2D eigenvalue weighted by molar-refractivity contribution is 0.968. The molecule has 0 aliphatic heterocycles. The van der Waals surface area contributed by atoms with Gasteiger partial charge < -0.3 is 9.13 Å². The summed E-state index contributed by atoms with van der Waals surface area (Å²) in [6.45, 7) is 0. The highest BCUT2D eigenvalue weighted by Gasteiger charge is 2.22. The summed E-state index contributed by atoms with van der Waals surface area (Å²) in [4.78, 5) is 0. The average molecular weight is 537 g/mol. The normalized spacial score (nSPS) is 12.4. The van der Waals surface area contributed by atoms with Gasteiger partial charge in [0, 0.05) is 38.8 Å². The molecule has 0 radical (unpaired) electrons. The van der Waals surface area contributed by atoms with Crippen molar-refractivity contribution in [1.29, 1.82) is 10.5 Å². The van der Waals surface area contributed by atoms with Crippen LogP contribution in [0.15, 0.2) is 115 Å². The van der Waals surface area contributed by atoms with Gasteiger partial charge in [-0.1, -0.05) is 54.6 Å². The Balaban J connectivity index is 1.44. The summed E-state index contributed by atoms with van der Waals surface area (Å²) in [6.07, 6.45) is 6.61. The Morgan fingerprint density at radius 1 is 0.595 bits per heavy atom. The molecule has 0 atom stereocenters. The minimum atomic E-state index is 0.610. The molecule has 0 amide bonds. The van der Waals surface area contributed by atoms with Crippen molar-refractivity contribution in [3.8, 4) is 34.6 Å². The van der Waals surface area contributed by atoms with E-state index in [4.69, 9.17) is 0 Å². The molecule has 8 rings (SSSR count). The van der Waals surface area contributed by atoms with Crippen LogP contribution in [-0.4, -0.2) is 9.13 Å². The van der Waals surface area contributed by atoms with Crippen molar-refractivity contribution in [2.75, 3.05) is 0 Å². The molecule has 7 aromatic rings. The first kappa shape index (κ1) is 24.0. The zero-order valence-corrected chi connectivity index (χ0v) is 22.8. The first-order valence-electron chi connectivity index (χ1n) is 14.1. The molecule has 0 saturated heterocycles. The number of allylic oxidation sites excluding steroid dienone is 1. The van der Waals surface area contributed by atoms with Crippen LogP contribution in [-0.2, 0) is 6.42 Å². The smallest absolute Gasteiger partial charge is 0.0992 e. The summed E-state index contributed by atoms with van der Waals surface area (Å²) < 4.78 is 4.59. The Kier molecular flexibility index (Phi) is 5.36. The molecule has 0 unspecified atom stereocenters. The lowest BCUT2D eigenvalue weighted by atomic mass is 9.97. The van der Waals surface area contributed by atoms with Gasteiger partial charge in [-0.25, -0.2) is 0 Å². The van der Waals surface area contributed by atoms with Crippen LogP contribution in [0.5, 0.6) is 0 Å². The summed E-state index contributed by atoms with van der Waals surface area (Å²) in [7, 11) is 0. The van der Waals surface area contributed by atoms with E-state index in [1.165, 1.54) is 27.7 Å². The number of hydrogen-bond acceptors (Lipinski definition) is 2. The standard InChI is InChI=1S/C38H24N4/c39-23-25-8-6-11-29(20-25)41-36-18-16-26(24-40)21-33(36)34-22-27(17-19-37(34)41)30-13-7-14-32-31-12-4-5-15-35(31)42(38(30)32)28-9-2-1-3-10-28/h1-3,5-11,13-22H,4,12H2. The Morgan fingerprint density at radius 2 is 1.33 bits per heavy atom. The fraction of sp³-hybridized carbons (Fsp3) is 0.0526. The molecule has 0 spiro atoms. The number of aryl methyl sites for hydroxylation is 1. The molecule has 5 aromatic carbocycles. The first-order chi connectivity index (χ1) is 20.7. The third-order valence-electron chi connectivity index (χ3n) is 8.42. The summed E-state index contributed by atoms with van der Waals surface area (Å²) in [6, 6.07) is 42.0. The van der Waals surface area contributed by atoms with E-state index in [0.717, 1.165) is 51.6 Å². The maximum atomic E-state index is 9.73. The zero-order chi connectivity index (χ0) is 28.2. The van der Waals surface area contributed by atoms with Crippen LogP contribution < -0.4 is 0 Å². The minimum absolute atomic E-state index is 0.610. The van der Waals surface area contributed by atoms with Gasteiger partial charge >= 0.3 is 0 Å². The molecular weight excluding hydrogens is 512 g/mol. The maximum Gasteiger partial charge on any atom is 0.0992 e. The second kappa shape index (κ2) is 9.37. The predicted molar refractivity (Wildman–Crippen MR) is 170 cm³/mol. The topological polar surface area (TPSA) is 57.4 Å². The van der Waals surface area contributed by atoms with E-state index in [9.17, 15) is 10.5 Å². The first-order valence-corrected chi connectivity index (χ1v) is 14.1. The van der Waals surface area contributed by atoms with E-state index < -0.39 is 0 Å². The average Bonchev–Trinajstić information content (AvgIpc) is 3.57. The highest BCUT2D eigenvalue weighted by atomic mass is 15.0. The fourth-order valence-corrected chi connectivity index (χ4v) is 6.61. The van der Waals surface area contributed by atoms with Gasteiger partial charge in [0.25, 0.3) is 0 Å². The molecule has 1 aliphatic rings. The fourth-order valence-electron chi connectivity index (χ4n) is 6.61. The molecule has 2 heterocycles.